The molecule has 0 saturated heterocycles. The molecule has 2 N–H and O–H groups in total. The Morgan fingerprint density at radius 1 is 1.14 bits per heavy atom. The molecule has 0 radical (unpaired) electrons. The van der Waals surface area contributed by atoms with Gasteiger partial charge < -0.3 is 4.74 Å². The Kier molecular flexibility index (Phi) is 5.97. The third kappa shape index (κ3) is 4.89. The van der Waals surface area contributed by atoms with Gasteiger partial charge in [-0.25, -0.2) is 0 Å². The lowest BCUT2D eigenvalue weighted by atomic mass is 10.1. The number of rotatable bonds is 6. The monoisotopic (exact) mass is 318 g/mol. The van der Waals surface area contributed by atoms with Gasteiger partial charge in [0.05, 0.1) is 4.88 Å². The zero-order chi connectivity index (χ0) is 15.8. The highest BCUT2D eigenvalue weighted by Gasteiger charge is 2.08. The van der Waals surface area contributed by atoms with E-state index in [0.29, 0.717) is 10.6 Å². The number of ether oxygens (including phenoxy) is 1. The molecule has 6 heteroatoms. The van der Waals surface area contributed by atoms with Crippen molar-refractivity contribution in [1.29, 1.82) is 0 Å². The van der Waals surface area contributed by atoms with E-state index in [1.54, 1.807) is 17.5 Å². The Bertz CT molecular complexity index is 609. The first-order chi connectivity index (χ1) is 10.7. The van der Waals surface area contributed by atoms with E-state index in [4.69, 9.17) is 4.74 Å². The van der Waals surface area contributed by atoms with Crippen molar-refractivity contribution in [2.75, 3.05) is 6.61 Å². The van der Waals surface area contributed by atoms with E-state index in [-0.39, 0.29) is 12.5 Å². The third-order valence-corrected chi connectivity index (χ3v) is 3.76. The SMILES string of the molecule is CCCc1ccc(OCC(=O)NNC(=O)c2cccs2)cc1. The fourth-order valence-corrected chi connectivity index (χ4v) is 2.44. The summed E-state index contributed by atoms with van der Waals surface area (Å²) < 4.78 is 5.36. The van der Waals surface area contributed by atoms with Gasteiger partial charge in [0.2, 0.25) is 0 Å². The zero-order valence-corrected chi connectivity index (χ0v) is 13.1. The van der Waals surface area contributed by atoms with E-state index < -0.39 is 5.91 Å². The number of hydrogen-bond acceptors (Lipinski definition) is 4. The van der Waals surface area contributed by atoms with Crippen molar-refractivity contribution in [2.24, 2.45) is 0 Å². The Labute approximate surface area is 133 Å². The topological polar surface area (TPSA) is 67.4 Å². The summed E-state index contributed by atoms with van der Waals surface area (Å²) in [5, 5.41) is 1.79. The standard InChI is InChI=1S/C16H18N2O3S/c1-2-4-12-6-8-13(9-7-12)21-11-15(19)17-18-16(20)14-5-3-10-22-14/h3,5-10H,2,4,11H2,1H3,(H,17,19)(H,18,20). The molecule has 1 aromatic carbocycles. The minimum absolute atomic E-state index is 0.155. The smallest absolute Gasteiger partial charge is 0.279 e. The molecule has 1 aromatic heterocycles. The minimum atomic E-state index is -0.414. The average molecular weight is 318 g/mol. The number of aryl methyl sites for hydroxylation is 1. The van der Waals surface area contributed by atoms with Crippen LogP contribution in [0.25, 0.3) is 0 Å². The van der Waals surface area contributed by atoms with Crippen molar-refractivity contribution in [2.45, 2.75) is 19.8 Å². The lowest BCUT2D eigenvalue weighted by Gasteiger charge is -2.08. The number of hydrogen-bond donors (Lipinski definition) is 2. The van der Waals surface area contributed by atoms with E-state index in [2.05, 4.69) is 17.8 Å². The predicted octanol–water partition coefficient (Wildman–Crippen LogP) is 2.54. The highest BCUT2D eigenvalue weighted by molar-refractivity contribution is 7.12. The first kappa shape index (κ1) is 16.0. The van der Waals surface area contributed by atoms with E-state index in [9.17, 15) is 9.59 Å². The van der Waals surface area contributed by atoms with Crippen LogP contribution in [-0.4, -0.2) is 18.4 Å². The number of carbonyl (C=O) groups excluding carboxylic acids is 2. The Morgan fingerprint density at radius 2 is 1.91 bits per heavy atom. The molecule has 5 nitrogen and oxygen atoms in total. The third-order valence-electron chi connectivity index (χ3n) is 2.89. The van der Waals surface area contributed by atoms with E-state index in [1.807, 2.05) is 24.3 Å². The molecular formula is C16H18N2O3S. The molecule has 0 fully saturated rings. The summed E-state index contributed by atoms with van der Waals surface area (Å²) >= 11 is 1.30. The molecule has 2 amide bonds. The van der Waals surface area contributed by atoms with Gasteiger partial charge in [-0.15, -0.1) is 11.3 Å². The van der Waals surface area contributed by atoms with Crippen molar-refractivity contribution in [3.63, 3.8) is 0 Å². The predicted molar refractivity (Wildman–Crippen MR) is 85.9 cm³/mol. The summed E-state index contributed by atoms with van der Waals surface area (Å²) in [7, 11) is 0. The van der Waals surface area contributed by atoms with Crippen LogP contribution in [-0.2, 0) is 11.2 Å². The van der Waals surface area contributed by atoms with Crippen LogP contribution in [0.15, 0.2) is 41.8 Å². The van der Waals surface area contributed by atoms with Crippen LogP contribution in [0.5, 0.6) is 5.75 Å². The van der Waals surface area contributed by atoms with Gasteiger partial charge in [0.1, 0.15) is 5.75 Å². The number of hydrazine groups is 1. The molecule has 0 aliphatic rings. The summed E-state index contributed by atoms with van der Waals surface area (Å²) in [4.78, 5) is 23.8. The fraction of sp³-hybridized carbons (Fsp3) is 0.250. The van der Waals surface area contributed by atoms with Gasteiger partial charge in [0.15, 0.2) is 6.61 Å². The molecule has 22 heavy (non-hydrogen) atoms. The first-order valence-corrected chi connectivity index (χ1v) is 7.91. The number of nitrogens with one attached hydrogen (secondary N) is 2. The molecule has 116 valence electrons. The Balaban J connectivity index is 1.72. The molecule has 0 saturated carbocycles. The number of thiophene rings is 1. The molecular weight excluding hydrogens is 300 g/mol. The Morgan fingerprint density at radius 3 is 2.55 bits per heavy atom. The van der Waals surface area contributed by atoms with Gasteiger partial charge >= 0.3 is 0 Å². The highest BCUT2D eigenvalue weighted by Crippen LogP contribution is 2.13. The van der Waals surface area contributed by atoms with E-state index in [1.165, 1.54) is 16.9 Å². The molecule has 2 aromatic rings. The summed E-state index contributed by atoms with van der Waals surface area (Å²) in [5.74, 6) is -0.130. The average Bonchev–Trinajstić information content (AvgIpc) is 3.07. The van der Waals surface area contributed by atoms with Crippen molar-refractivity contribution < 1.29 is 14.3 Å². The van der Waals surface area contributed by atoms with E-state index in [0.717, 1.165) is 12.8 Å². The minimum Gasteiger partial charge on any atom is -0.484 e. The maximum Gasteiger partial charge on any atom is 0.279 e. The number of carbonyl (C=O) groups is 2. The van der Waals surface area contributed by atoms with Crippen molar-refractivity contribution >= 4 is 23.2 Å². The van der Waals surface area contributed by atoms with Gasteiger partial charge in [0.25, 0.3) is 11.8 Å². The lowest BCUT2D eigenvalue weighted by Crippen LogP contribution is -2.43. The zero-order valence-electron chi connectivity index (χ0n) is 12.3. The van der Waals surface area contributed by atoms with E-state index >= 15 is 0 Å². The molecule has 2 rings (SSSR count). The van der Waals surface area contributed by atoms with Crippen LogP contribution in [0.4, 0.5) is 0 Å². The Hall–Kier alpha value is -2.34. The van der Waals surface area contributed by atoms with Crippen LogP contribution in [0.2, 0.25) is 0 Å². The van der Waals surface area contributed by atoms with Crippen molar-refractivity contribution in [3.8, 4) is 5.75 Å². The van der Waals surface area contributed by atoms with Gasteiger partial charge in [0, 0.05) is 0 Å². The molecule has 0 atom stereocenters. The van der Waals surface area contributed by atoms with Gasteiger partial charge in [-0.05, 0) is 35.6 Å². The second-order valence-electron chi connectivity index (χ2n) is 4.66. The van der Waals surface area contributed by atoms with Crippen LogP contribution in [0.3, 0.4) is 0 Å². The molecule has 1 heterocycles. The quantitative estimate of drug-likeness (QED) is 0.804. The summed E-state index contributed by atoms with van der Waals surface area (Å²) in [5.41, 5.74) is 5.89. The number of benzene rings is 1. The van der Waals surface area contributed by atoms with Crippen LogP contribution in [0, 0.1) is 0 Å². The maximum absolute atomic E-state index is 11.6. The largest absolute Gasteiger partial charge is 0.484 e. The molecule has 0 spiro atoms. The molecule has 0 unspecified atom stereocenters. The van der Waals surface area contributed by atoms with Crippen molar-refractivity contribution in [1.82, 2.24) is 10.9 Å². The maximum atomic E-state index is 11.6. The molecule has 0 bridgehead atoms. The summed E-state index contributed by atoms with van der Waals surface area (Å²) in [6.07, 6.45) is 2.11. The van der Waals surface area contributed by atoms with Crippen LogP contribution in [0.1, 0.15) is 28.6 Å². The fourth-order valence-electron chi connectivity index (χ4n) is 1.82. The van der Waals surface area contributed by atoms with Gasteiger partial charge in [-0.2, -0.15) is 0 Å². The lowest BCUT2D eigenvalue weighted by molar-refractivity contribution is -0.123. The summed E-state index contributed by atoms with van der Waals surface area (Å²) in [6.45, 7) is 1.97. The van der Waals surface area contributed by atoms with Crippen LogP contribution < -0.4 is 15.6 Å². The molecule has 0 aliphatic heterocycles. The highest BCUT2D eigenvalue weighted by atomic mass is 32.1. The number of amides is 2. The molecule has 0 aliphatic carbocycles. The second kappa shape index (κ2) is 8.19. The van der Waals surface area contributed by atoms with Crippen molar-refractivity contribution in [3.05, 3.63) is 52.2 Å². The van der Waals surface area contributed by atoms with Gasteiger partial charge in [-0.1, -0.05) is 31.5 Å². The summed E-state index contributed by atoms with van der Waals surface area (Å²) in [6, 6.07) is 11.1. The second-order valence-corrected chi connectivity index (χ2v) is 5.61. The first-order valence-electron chi connectivity index (χ1n) is 7.03. The normalized spacial score (nSPS) is 10.0. The van der Waals surface area contributed by atoms with Crippen LogP contribution >= 0.6 is 11.3 Å². The van der Waals surface area contributed by atoms with Gasteiger partial charge in [-0.3, -0.25) is 20.4 Å².